The largest absolute Gasteiger partial charge is 0.480 e. The molecule has 1 aliphatic carbocycles. The van der Waals surface area contributed by atoms with Crippen molar-refractivity contribution in [2.45, 2.75) is 50.5 Å². The SMILES string of the molecule is C[C@H](NC1CCC(O)C(O)C1)C(=O)O. The Morgan fingerprint density at radius 1 is 1.36 bits per heavy atom. The molecule has 0 spiro atoms. The topological polar surface area (TPSA) is 89.8 Å². The molecule has 14 heavy (non-hydrogen) atoms. The van der Waals surface area contributed by atoms with Gasteiger partial charge in [-0.2, -0.15) is 0 Å². The van der Waals surface area contributed by atoms with Gasteiger partial charge in [0.05, 0.1) is 12.2 Å². The van der Waals surface area contributed by atoms with Gasteiger partial charge >= 0.3 is 5.97 Å². The summed E-state index contributed by atoms with van der Waals surface area (Å²) < 4.78 is 0. The number of carboxylic acids is 1. The summed E-state index contributed by atoms with van der Waals surface area (Å²) in [4.78, 5) is 10.5. The van der Waals surface area contributed by atoms with Crippen LogP contribution >= 0.6 is 0 Å². The van der Waals surface area contributed by atoms with Crippen molar-refractivity contribution in [1.29, 1.82) is 0 Å². The third-order valence-electron chi connectivity index (χ3n) is 2.64. The molecule has 5 heteroatoms. The average Bonchev–Trinajstić information content (AvgIpc) is 2.11. The number of aliphatic hydroxyl groups is 2. The van der Waals surface area contributed by atoms with Crippen LogP contribution in [0.25, 0.3) is 0 Å². The van der Waals surface area contributed by atoms with Gasteiger partial charge in [-0.1, -0.05) is 0 Å². The molecule has 1 saturated carbocycles. The molecule has 4 atom stereocenters. The Morgan fingerprint density at radius 3 is 2.50 bits per heavy atom. The first-order valence-corrected chi connectivity index (χ1v) is 4.85. The van der Waals surface area contributed by atoms with E-state index >= 15 is 0 Å². The quantitative estimate of drug-likeness (QED) is 0.488. The van der Waals surface area contributed by atoms with Crippen molar-refractivity contribution >= 4 is 5.97 Å². The van der Waals surface area contributed by atoms with Gasteiger partial charge in [0, 0.05) is 6.04 Å². The van der Waals surface area contributed by atoms with Crippen molar-refractivity contribution in [3.05, 3.63) is 0 Å². The Labute approximate surface area is 82.7 Å². The van der Waals surface area contributed by atoms with E-state index in [4.69, 9.17) is 5.11 Å². The monoisotopic (exact) mass is 203 g/mol. The maximum Gasteiger partial charge on any atom is 0.320 e. The summed E-state index contributed by atoms with van der Waals surface area (Å²) in [5, 5.41) is 30.2. The van der Waals surface area contributed by atoms with Gasteiger partial charge in [-0.3, -0.25) is 4.79 Å². The third-order valence-corrected chi connectivity index (χ3v) is 2.64. The maximum absolute atomic E-state index is 10.5. The van der Waals surface area contributed by atoms with Crippen LogP contribution < -0.4 is 5.32 Å². The van der Waals surface area contributed by atoms with Crippen molar-refractivity contribution in [3.63, 3.8) is 0 Å². The molecule has 0 aromatic carbocycles. The molecule has 0 aromatic heterocycles. The van der Waals surface area contributed by atoms with Crippen LogP contribution in [0, 0.1) is 0 Å². The zero-order chi connectivity index (χ0) is 10.7. The number of aliphatic hydroxyl groups excluding tert-OH is 2. The van der Waals surface area contributed by atoms with Gasteiger partial charge in [-0.15, -0.1) is 0 Å². The second kappa shape index (κ2) is 4.72. The van der Waals surface area contributed by atoms with Crippen LogP contribution in [0.1, 0.15) is 26.2 Å². The fourth-order valence-electron chi connectivity index (χ4n) is 1.71. The summed E-state index contributed by atoms with van der Waals surface area (Å²) in [5.41, 5.74) is 0. The summed E-state index contributed by atoms with van der Waals surface area (Å²) in [6, 6.07) is -0.623. The van der Waals surface area contributed by atoms with E-state index in [0.717, 1.165) is 0 Å². The first kappa shape index (κ1) is 11.4. The predicted octanol–water partition coefficient (Wildman–Crippen LogP) is -0.677. The smallest absolute Gasteiger partial charge is 0.320 e. The lowest BCUT2D eigenvalue weighted by Gasteiger charge is -2.31. The normalized spacial score (nSPS) is 35.2. The highest BCUT2D eigenvalue weighted by Gasteiger charge is 2.28. The van der Waals surface area contributed by atoms with Crippen LogP contribution in [0.3, 0.4) is 0 Å². The lowest BCUT2D eigenvalue weighted by atomic mass is 9.90. The molecule has 0 aromatic rings. The van der Waals surface area contributed by atoms with E-state index in [1.165, 1.54) is 0 Å². The zero-order valence-electron chi connectivity index (χ0n) is 8.18. The van der Waals surface area contributed by atoms with Gasteiger partial charge in [-0.05, 0) is 26.2 Å². The average molecular weight is 203 g/mol. The summed E-state index contributed by atoms with van der Waals surface area (Å²) in [6.45, 7) is 1.57. The Kier molecular flexibility index (Phi) is 3.86. The summed E-state index contributed by atoms with van der Waals surface area (Å²) >= 11 is 0. The molecule has 0 heterocycles. The van der Waals surface area contributed by atoms with Gasteiger partial charge < -0.3 is 20.6 Å². The van der Waals surface area contributed by atoms with E-state index in [1.807, 2.05) is 0 Å². The van der Waals surface area contributed by atoms with Crippen LogP contribution in [0.15, 0.2) is 0 Å². The third kappa shape index (κ3) is 2.94. The maximum atomic E-state index is 10.5. The molecule has 3 unspecified atom stereocenters. The van der Waals surface area contributed by atoms with E-state index in [0.29, 0.717) is 19.3 Å². The molecular weight excluding hydrogens is 186 g/mol. The van der Waals surface area contributed by atoms with Crippen molar-refractivity contribution in [2.75, 3.05) is 0 Å². The summed E-state index contributed by atoms with van der Waals surface area (Å²) in [5.74, 6) is -0.898. The van der Waals surface area contributed by atoms with E-state index < -0.39 is 24.2 Å². The Bertz CT molecular complexity index is 209. The van der Waals surface area contributed by atoms with Gasteiger partial charge in [0.15, 0.2) is 0 Å². The second-order valence-electron chi connectivity index (χ2n) is 3.87. The summed E-state index contributed by atoms with van der Waals surface area (Å²) in [7, 11) is 0. The Hall–Kier alpha value is -0.650. The molecule has 0 radical (unpaired) electrons. The van der Waals surface area contributed by atoms with Crippen LogP contribution in [-0.2, 0) is 4.79 Å². The van der Waals surface area contributed by atoms with Gasteiger partial charge in [0.25, 0.3) is 0 Å². The molecular formula is C9H17NO4. The van der Waals surface area contributed by atoms with Crippen LogP contribution in [-0.4, -0.2) is 45.6 Å². The number of hydrogen-bond donors (Lipinski definition) is 4. The van der Waals surface area contributed by atoms with Gasteiger partial charge in [0.2, 0.25) is 0 Å². The minimum atomic E-state index is -0.898. The van der Waals surface area contributed by atoms with E-state index in [2.05, 4.69) is 5.32 Å². The molecule has 1 aliphatic rings. The minimum Gasteiger partial charge on any atom is -0.480 e. The highest BCUT2D eigenvalue weighted by Crippen LogP contribution is 2.19. The Balaban J connectivity index is 2.36. The molecule has 0 amide bonds. The lowest BCUT2D eigenvalue weighted by Crippen LogP contribution is -2.47. The number of rotatable bonds is 3. The zero-order valence-corrected chi connectivity index (χ0v) is 8.18. The van der Waals surface area contributed by atoms with E-state index in [9.17, 15) is 15.0 Å². The van der Waals surface area contributed by atoms with Crippen LogP contribution in [0.2, 0.25) is 0 Å². The van der Waals surface area contributed by atoms with Crippen LogP contribution in [0.5, 0.6) is 0 Å². The predicted molar refractivity (Wildman–Crippen MR) is 49.9 cm³/mol. The molecule has 0 saturated heterocycles. The first-order chi connectivity index (χ1) is 6.50. The van der Waals surface area contributed by atoms with Crippen LogP contribution in [0.4, 0.5) is 0 Å². The second-order valence-corrected chi connectivity index (χ2v) is 3.87. The molecule has 1 fully saturated rings. The molecule has 5 nitrogen and oxygen atoms in total. The highest BCUT2D eigenvalue weighted by molar-refractivity contribution is 5.72. The van der Waals surface area contributed by atoms with Crippen molar-refractivity contribution in [3.8, 4) is 0 Å². The molecule has 4 N–H and O–H groups in total. The van der Waals surface area contributed by atoms with Crippen molar-refractivity contribution in [2.24, 2.45) is 0 Å². The lowest BCUT2D eigenvalue weighted by molar-refractivity contribution is -0.139. The van der Waals surface area contributed by atoms with Gasteiger partial charge in [0.1, 0.15) is 6.04 Å². The fourth-order valence-corrected chi connectivity index (χ4v) is 1.71. The number of nitrogens with one attached hydrogen (secondary N) is 1. The first-order valence-electron chi connectivity index (χ1n) is 4.85. The fraction of sp³-hybridized carbons (Fsp3) is 0.889. The summed E-state index contributed by atoms with van der Waals surface area (Å²) in [6.07, 6.45) is 0.246. The molecule has 1 rings (SSSR count). The van der Waals surface area contributed by atoms with E-state index in [-0.39, 0.29) is 6.04 Å². The minimum absolute atomic E-state index is 0.0144. The molecule has 0 aliphatic heterocycles. The number of hydrogen-bond acceptors (Lipinski definition) is 4. The number of carboxylic acid groups (broad SMARTS) is 1. The number of aliphatic carboxylic acids is 1. The standard InChI is InChI=1S/C9H17NO4/c1-5(9(13)14)10-6-2-3-7(11)8(12)4-6/h5-8,10-12H,2-4H2,1H3,(H,13,14)/t5-,6?,7?,8?/m0/s1. The molecule has 0 bridgehead atoms. The Morgan fingerprint density at radius 2 is 2.00 bits per heavy atom. The highest BCUT2D eigenvalue weighted by atomic mass is 16.4. The number of carbonyl (C=O) groups is 1. The van der Waals surface area contributed by atoms with Gasteiger partial charge in [-0.25, -0.2) is 0 Å². The molecule has 82 valence electrons. The van der Waals surface area contributed by atoms with Crippen molar-refractivity contribution < 1.29 is 20.1 Å². The van der Waals surface area contributed by atoms with Crippen molar-refractivity contribution in [1.82, 2.24) is 5.32 Å². The van der Waals surface area contributed by atoms with E-state index in [1.54, 1.807) is 6.92 Å².